The second kappa shape index (κ2) is 8.34. The van der Waals surface area contributed by atoms with Crippen molar-refractivity contribution >= 4 is 23.5 Å². The number of carbonyl (C=O) groups excluding carboxylic acids is 3. The molecular weight excluding hydrogens is 382 g/mol. The lowest BCUT2D eigenvalue weighted by molar-refractivity contribution is -0.146. The van der Waals surface area contributed by atoms with Gasteiger partial charge in [0.15, 0.2) is 11.6 Å². The molecule has 0 aliphatic carbocycles. The van der Waals surface area contributed by atoms with Crippen LogP contribution in [0, 0.1) is 17.6 Å². The first-order chi connectivity index (χ1) is 13.8. The minimum atomic E-state index is -1.02. The van der Waals surface area contributed by atoms with Crippen molar-refractivity contribution in [2.45, 2.75) is 25.8 Å². The fourth-order valence-electron chi connectivity index (χ4n) is 3.44. The molecule has 0 saturated carbocycles. The number of aromatic nitrogens is 1. The number of anilines is 1. The molecule has 1 saturated heterocycles. The zero-order valence-electron chi connectivity index (χ0n) is 15.7. The monoisotopic (exact) mass is 402 g/mol. The highest BCUT2D eigenvalue weighted by Crippen LogP contribution is 2.34. The Morgan fingerprint density at radius 1 is 1.17 bits per heavy atom. The van der Waals surface area contributed by atoms with Crippen LogP contribution in [-0.2, 0) is 9.59 Å². The summed E-state index contributed by atoms with van der Waals surface area (Å²) in [5.41, 5.74) is 5.64. The van der Waals surface area contributed by atoms with E-state index >= 15 is 0 Å². The number of likely N-dealkylation sites (tertiary alicyclic amines) is 1. The molecule has 9 heteroatoms. The number of pyridine rings is 1. The van der Waals surface area contributed by atoms with E-state index in [9.17, 15) is 23.2 Å². The Hall–Kier alpha value is -3.36. The number of nitrogens with one attached hydrogen (secondary N) is 1. The van der Waals surface area contributed by atoms with Crippen LogP contribution in [0.5, 0.6) is 0 Å². The number of carbonyl (C=O) groups is 3. The average Bonchev–Trinajstić information content (AvgIpc) is 2.69. The van der Waals surface area contributed by atoms with E-state index in [-0.39, 0.29) is 23.8 Å². The van der Waals surface area contributed by atoms with Gasteiger partial charge in [-0.1, -0.05) is 13.0 Å². The second-order valence-corrected chi connectivity index (χ2v) is 7.05. The summed E-state index contributed by atoms with van der Waals surface area (Å²) in [6.07, 6.45) is 2.61. The number of benzene rings is 1. The molecule has 152 valence electrons. The molecule has 7 nitrogen and oxygen atoms in total. The van der Waals surface area contributed by atoms with Crippen molar-refractivity contribution in [3.05, 3.63) is 59.3 Å². The third kappa shape index (κ3) is 4.39. The average molecular weight is 402 g/mol. The van der Waals surface area contributed by atoms with Crippen LogP contribution >= 0.6 is 0 Å². The van der Waals surface area contributed by atoms with E-state index in [1.54, 1.807) is 0 Å². The highest BCUT2D eigenvalue weighted by molar-refractivity contribution is 6.39. The van der Waals surface area contributed by atoms with Crippen LogP contribution in [0.25, 0.3) is 0 Å². The maximum Gasteiger partial charge on any atom is 0.315 e. The van der Waals surface area contributed by atoms with E-state index in [0.717, 1.165) is 18.6 Å². The molecule has 29 heavy (non-hydrogen) atoms. The molecule has 2 atom stereocenters. The number of rotatable bonds is 3. The van der Waals surface area contributed by atoms with Crippen molar-refractivity contribution in [2.24, 2.45) is 11.7 Å². The lowest BCUT2D eigenvalue weighted by Gasteiger charge is -2.38. The number of primary amides is 1. The standard InChI is InChI=1S/C20H20F2N4O3/c1-11-4-7-16(12-5-6-14(21)15(22)9-12)26(10-11)20(29)19(28)25-18-13(17(23)27)3-2-8-24-18/h2-3,5-6,8-9,11,16H,4,7,10H2,1H3,(H2,23,27)(H,24,25,28)/t11-,16+/m0/s1. The largest absolute Gasteiger partial charge is 0.365 e. The molecule has 3 amide bonds. The van der Waals surface area contributed by atoms with E-state index in [2.05, 4.69) is 10.3 Å². The van der Waals surface area contributed by atoms with Crippen LogP contribution in [0.15, 0.2) is 36.5 Å². The van der Waals surface area contributed by atoms with Crippen molar-refractivity contribution < 1.29 is 23.2 Å². The molecule has 0 spiro atoms. The molecule has 1 fully saturated rings. The van der Waals surface area contributed by atoms with Crippen molar-refractivity contribution in [3.8, 4) is 0 Å². The molecule has 1 aromatic carbocycles. The SMILES string of the molecule is C[C@H]1CC[C@H](c2ccc(F)c(F)c2)N(C(=O)C(=O)Nc2ncccc2C(N)=O)C1. The van der Waals surface area contributed by atoms with Gasteiger partial charge in [-0.3, -0.25) is 14.4 Å². The number of hydrogen-bond donors (Lipinski definition) is 2. The van der Waals surface area contributed by atoms with Crippen LogP contribution in [0.3, 0.4) is 0 Å². The Bertz CT molecular complexity index is 966. The quantitative estimate of drug-likeness (QED) is 0.769. The van der Waals surface area contributed by atoms with Crippen LogP contribution in [0.4, 0.5) is 14.6 Å². The third-order valence-corrected chi connectivity index (χ3v) is 4.91. The zero-order valence-corrected chi connectivity index (χ0v) is 15.7. The minimum absolute atomic E-state index is 0.0298. The molecule has 3 N–H and O–H groups in total. The molecule has 3 rings (SSSR count). The van der Waals surface area contributed by atoms with Gasteiger partial charge in [0.25, 0.3) is 5.91 Å². The molecule has 1 aromatic heterocycles. The second-order valence-electron chi connectivity index (χ2n) is 7.05. The van der Waals surface area contributed by atoms with E-state index in [4.69, 9.17) is 5.73 Å². The highest BCUT2D eigenvalue weighted by atomic mass is 19.2. The van der Waals surface area contributed by atoms with Crippen molar-refractivity contribution in [2.75, 3.05) is 11.9 Å². The van der Waals surface area contributed by atoms with Gasteiger partial charge in [0.2, 0.25) is 0 Å². The number of piperidine rings is 1. The number of halogens is 2. The number of nitrogens with zero attached hydrogens (tertiary/aromatic N) is 2. The van der Waals surface area contributed by atoms with Crippen LogP contribution in [0.1, 0.15) is 41.7 Å². The summed E-state index contributed by atoms with van der Waals surface area (Å²) in [6, 6.07) is 5.72. The summed E-state index contributed by atoms with van der Waals surface area (Å²) in [7, 11) is 0. The van der Waals surface area contributed by atoms with Gasteiger partial charge in [-0.05, 0) is 48.6 Å². The normalized spacial score (nSPS) is 18.9. The highest BCUT2D eigenvalue weighted by Gasteiger charge is 2.35. The van der Waals surface area contributed by atoms with Gasteiger partial charge in [0.1, 0.15) is 5.82 Å². The fraction of sp³-hybridized carbons (Fsp3) is 0.300. The summed E-state index contributed by atoms with van der Waals surface area (Å²) in [4.78, 5) is 42.1. The Balaban J connectivity index is 1.85. The van der Waals surface area contributed by atoms with Crippen molar-refractivity contribution in [1.29, 1.82) is 0 Å². The van der Waals surface area contributed by atoms with Gasteiger partial charge in [-0.25, -0.2) is 13.8 Å². The van der Waals surface area contributed by atoms with Crippen LogP contribution < -0.4 is 11.1 Å². The Morgan fingerprint density at radius 2 is 1.93 bits per heavy atom. The van der Waals surface area contributed by atoms with Crippen LogP contribution in [-0.4, -0.2) is 34.2 Å². The van der Waals surface area contributed by atoms with Gasteiger partial charge in [-0.2, -0.15) is 0 Å². The number of nitrogens with two attached hydrogens (primary N) is 1. The molecule has 0 bridgehead atoms. The fourth-order valence-corrected chi connectivity index (χ4v) is 3.44. The first-order valence-corrected chi connectivity index (χ1v) is 9.09. The molecule has 0 unspecified atom stereocenters. The zero-order chi connectivity index (χ0) is 21.1. The summed E-state index contributed by atoms with van der Waals surface area (Å²) in [5.74, 6) is -4.63. The molecule has 2 aromatic rings. The van der Waals surface area contributed by atoms with Crippen LogP contribution in [0.2, 0.25) is 0 Å². The Kier molecular flexibility index (Phi) is 5.86. The van der Waals surface area contributed by atoms with Gasteiger partial charge in [0.05, 0.1) is 11.6 Å². The molecule has 2 heterocycles. The summed E-state index contributed by atoms with van der Waals surface area (Å²) < 4.78 is 27.0. The van der Waals surface area contributed by atoms with Gasteiger partial charge in [-0.15, -0.1) is 0 Å². The number of amides is 3. The molecule has 1 aliphatic rings. The van der Waals surface area contributed by atoms with E-state index in [0.29, 0.717) is 12.0 Å². The summed E-state index contributed by atoms with van der Waals surface area (Å²) in [6.45, 7) is 2.21. The first-order valence-electron chi connectivity index (χ1n) is 9.09. The predicted molar refractivity (Wildman–Crippen MR) is 101 cm³/mol. The minimum Gasteiger partial charge on any atom is -0.365 e. The summed E-state index contributed by atoms with van der Waals surface area (Å²) >= 11 is 0. The van der Waals surface area contributed by atoms with Crippen molar-refractivity contribution in [1.82, 2.24) is 9.88 Å². The molecule has 1 aliphatic heterocycles. The third-order valence-electron chi connectivity index (χ3n) is 4.91. The van der Waals surface area contributed by atoms with Gasteiger partial charge < -0.3 is 16.0 Å². The first kappa shape index (κ1) is 20.4. The van der Waals surface area contributed by atoms with E-state index in [1.165, 1.54) is 29.3 Å². The topological polar surface area (TPSA) is 105 Å². The van der Waals surface area contributed by atoms with E-state index in [1.807, 2.05) is 6.92 Å². The van der Waals surface area contributed by atoms with Crippen molar-refractivity contribution in [3.63, 3.8) is 0 Å². The molecular formula is C20H20F2N4O3. The lowest BCUT2D eigenvalue weighted by atomic mass is 9.89. The van der Waals surface area contributed by atoms with Gasteiger partial charge >= 0.3 is 11.8 Å². The van der Waals surface area contributed by atoms with Gasteiger partial charge in [0, 0.05) is 12.7 Å². The predicted octanol–water partition coefficient (Wildman–Crippen LogP) is 2.40. The summed E-state index contributed by atoms with van der Waals surface area (Å²) in [5, 5.41) is 2.32. The number of hydrogen-bond acceptors (Lipinski definition) is 4. The Labute approximate surface area is 165 Å². The molecule has 0 radical (unpaired) electrons. The van der Waals surface area contributed by atoms with E-state index < -0.39 is 35.4 Å². The maximum atomic E-state index is 13.7. The lowest BCUT2D eigenvalue weighted by Crippen LogP contribution is -2.46. The smallest absolute Gasteiger partial charge is 0.315 e. The Morgan fingerprint density at radius 3 is 2.62 bits per heavy atom. The maximum absolute atomic E-state index is 13.7.